The molecule has 0 saturated heterocycles. The van der Waals surface area contributed by atoms with E-state index in [0.29, 0.717) is 0 Å². The molecule has 0 atom stereocenters. The molecular weight excluding hydrogens is 359 g/mol. The molecule has 156 valence electrons. The summed E-state index contributed by atoms with van der Waals surface area (Å²) >= 11 is 0. The van der Waals surface area contributed by atoms with Crippen molar-refractivity contribution < 1.29 is 28.8 Å². The highest BCUT2D eigenvalue weighted by molar-refractivity contribution is 6.24. The molecule has 0 radical (unpaired) electrons. The molecule has 0 amide bonds. The van der Waals surface area contributed by atoms with Crippen LogP contribution >= 0.6 is 0 Å². The molecule has 9 nitrogen and oxygen atoms in total. The molecule has 28 heavy (non-hydrogen) atoms. The first-order chi connectivity index (χ1) is 12.9. The van der Waals surface area contributed by atoms with Crippen molar-refractivity contribution in [1.82, 2.24) is 13.7 Å². The average Bonchev–Trinajstić information content (AvgIpc) is 3.20. The number of aromatic nitrogens is 6. The number of nitrogens with zero attached hydrogens (tertiary/aromatic N) is 6. The molecule has 3 aromatic rings. The average molecular weight is 392 g/mol. The smallest absolute Gasteiger partial charge is 0.252 e. The second kappa shape index (κ2) is 12.1. The first-order valence-corrected chi connectivity index (χ1v) is 8.78. The van der Waals surface area contributed by atoms with E-state index in [1.807, 2.05) is 79.5 Å². The monoisotopic (exact) mass is 392 g/mol. The highest BCUT2D eigenvalue weighted by Crippen LogP contribution is 1.85. The van der Waals surface area contributed by atoms with Gasteiger partial charge in [0.15, 0.2) is 0 Å². The fraction of sp³-hybridized carbons (Fsp3) is 0.500. The summed E-state index contributed by atoms with van der Waals surface area (Å²) in [5.41, 5.74) is 0. The van der Waals surface area contributed by atoms with Crippen LogP contribution in [0.1, 0.15) is 17.5 Å². The molecule has 0 aliphatic heterocycles. The van der Waals surface area contributed by atoms with Gasteiger partial charge in [-0.05, 0) is 0 Å². The van der Waals surface area contributed by atoms with Crippen molar-refractivity contribution in [3.8, 4) is 0 Å². The van der Waals surface area contributed by atoms with E-state index in [0.717, 1.165) is 0 Å². The molecule has 0 bridgehead atoms. The molecule has 0 aromatic carbocycles. The molecule has 0 aliphatic rings. The zero-order valence-corrected chi connectivity index (χ0v) is 18.4. The van der Waals surface area contributed by atoms with Crippen molar-refractivity contribution in [1.29, 1.82) is 0 Å². The Bertz CT molecular complexity index is 672. The number of aryl methyl sites for hydroxylation is 6. The van der Waals surface area contributed by atoms with Gasteiger partial charge < -0.3 is 15.1 Å². The molecule has 3 aromatic heterocycles. The fourth-order valence-corrected chi connectivity index (χ4v) is 1.99. The van der Waals surface area contributed by atoms with Crippen LogP contribution in [0.25, 0.3) is 0 Å². The molecule has 0 unspecified atom stereocenters. The highest BCUT2D eigenvalue weighted by Gasteiger charge is 2.02. The first-order valence-electron chi connectivity index (χ1n) is 8.78. The standard InChI is InChI=1S/3C6H11N2.BO3/c3*1-6-7(2)4-5-8(6)3;2-1(3)4/h3*4-5H,1-3H3;/q3*+1;-3. The van der Waals surface area contributed by atoms with Crippen molar-refractivity contribution in [3.63, 3.8) is 0 Å². The van der Waals surface area contributed by atoms with E-state index in [1.165, 1.54) is 17.5 Å². The summed E-state index contributed by atoms with van der Waals surface area (Å²) in [6.07, 6.45) is 12.2. The second-order valence-corrected chi connectivity index (χ2v) is 6.49. The lowest BCUT2D eigenvalue weighted by atomic mass is 10.3. The predicted molar refractivity (Wildman–Crippen MR) is 99.7 cm³/mol. The van der Waals surface area contributed by atoms with E-state index in [1.54, 1.807) is 0 Å². The van der Waals surface area contributed by atoms with Gasteiger partial charge in [0, 0.05) is 20.8 Å². The minimum absolute atomic E-state index is 1.27. The molecule has 0 N–H and O–H groups in total. The van der Waals surface area contributed by atoms with Crippen molar-refractivity contribution in [2.24, 2.45) is 42.3 Å². The Hall–Kier alpha value is -2.43. The topological polar surface area (TPSA) is 95.6 Å². The summed E-state index contributed by atoms with van der Waals surface area (Å²) in [4.78, 5) is 0. The van der Waals surface area contributed by atoms with Crippen LogP contribution in [0.3, 0.4) is 0 Å². The van der Waals surface area contributed by atoms with Crippen LogP contribution in [0.2, 0.25) is 0 Å². The van der Waals surface area contributed by atoms with Crippen LogP contribution in [0, 0.1) is 20.8 Å². The maximum Gasteiger partial charge on any atom is 0.252 e. The third-order valence-corrected chi connectivity index (χ3v) is 4.60. The Labute approximate surface area is 168 Å². The minimum atomic E-state index is -2.92. The summed E-state index contributed by atoms with van der Waals surface area (Å²) in [7, 11) is 9.31. The van der Waals surface area contributed by atoms with Gasteiger partial charge in [-0.2, -0.15) is 0 Å². The lowest BCUT2D eigenvalue weighted by Gasteiger charge is -2.35. The Morgan fingerprint density at radius 2 is 0.786 bits per heavy atom. The molecule has 0 fully saturated rings. The number of rotatable bonds is 0. The fourth-order valence-electron chi connectivity index (χ4n) is 1.99. The van der Waals surface area contributed by atoms with E-state index >= 15 is 0 Å². The third-order valence-electron chi connectivity index (χ3n) is 4.60. The highest BCUT2D eigenvalue weighted by atomic mass is 16.5. The van der Waals surface area contributed by atoms with Gasteiger partial charge in [-0.3, -0.25) is 7.32 Å². The van der Waals surface area contributed by atoms with E-state index in [2.05, 4.69) is 48.2 Å². The largest absolute Gasteiger partial charge is 0.907 e. The van der Waals surface area contributed by atoms with Gasteiger partial charge in [-0.25, -0.2) is 27.4 Å². The van der Waals surface area contributed by atoms with Crippen molar-refractivity contribution in [2.45, 2.75) is 20.8 Å². The Balaban J connectivity index is 0.000000358. The molecule has 0 aliphatic carbocycles. The Morgan fingerprint density at radius 1 is 0.607 bits per heavy atom. The lowest BCUT2D eigenvalue weighted by Crippen LogP contribution is -2.56. The van der Waals surface area contributed by atoms with Crippen molar-refractivity contribution in [2.75, 3.05) is 0 Å². The van der Waals surface area contributed by atoms with Crippen molar-refractivity contribution >= 4 is 7.32 Å². The van der Waals surface area contributed by atoms with E-state index in [9.17, 15) is 0 Å². The van der Waals surface area contributed by atoms with E-state index in [4.69, 9.17) is 15.1 Å². The van der Waals surface area contributed by atoms with Crippen LogP contribution in [0.4, 0.5) is 0 Å². The van der Waals surface area contributed by atoms with Gasteiger partial charge in [0.05, 0.1) is 42.3 Å². The maximum absolute atomic E-state index is 8.42. The summed E-state index contributed by atoms with van der Waals surface area (Å²) in [5.74, 6) is 3.81. The molecule has 0 spiro atoms. The zero-order valence-electron chi connectivity index (χ0n) is 18.4. The Morgan fingerprint density at radius 3 is 0.821 bits per heavy atom. The minimum Gasteiger partial charge on any atom is -0.907 e. The third kappa shape index (κ3) is 8.98. The van der Waals surface area contributed by atoms with E-state index < -0.39 is 7.32 Å². The quantitative estimate of drug-likeness (QED) is 0.294. The molecular formula is C18H33BN6O3. The second-order valence-electron chi connectivity index (χ2n) is 6.49. The summed E-state index contributed by atoms with van der Waals surface area (Å²) in [5, 5.41) is 25.2. The lowest BCUT2D eigenvalue weighted by molar-refractivity contribution is -0.677. The molecule has 10 heteroatoms. The van der Waals surface area contributed by atoms with Crippen LogP contribution in [-0.4, -0.2) is 21.0 Å². The van der Waals surface area contributed by atoms with Gasteiger partial charge in [0.25, 0.3) is 17.5 Å². The Kier molecular flexibility index (Phi) is 11.1. The number of imidazole rings is 3. The zero-order chi connectivity index (χ0) is 22.0. The van der Waals surface area contributed by atoms with Crippen LogP contribution in [0.15, 0.2) is 37.2 Å². The summed E-state index contributed by atoms with van der Waals surface area (Å²) in [6.45, 7) is 6.25. The predicted octanol–water partition coefficient (Wildman–Crippen LogP) is -3.47. The molecule has 0 saturated carbocycles. The molecule has 3 rings (SSSR count). The van der Waals surface area contributed by atoms with E-state index in [-0.39, 0.29) is 0 Å². The maximum atomic E-state index is 8.42. The van der Waals surface area contributed by atoms with Crippen LogP contribution in [0.5, 0.6) is 0 Å². The number of hydrogen-bond donors (Lipinski definition) is 0. The van der Waals surface area contributed by atoms with Gasteiger partial charge in [-0.1, -0.05) is 0 Å². The summed E-state index contributed by atoms with van der Waals surface area (Å²) in [6, 6.07) is 0. The van der Waals surface area contributed by atoms with Crippen LogP contribution in [-0.2, 0) is 42.3 Å². The number of hydrogen-bond acceptors (Lipinski definition) is 3. The van der Waals surface area contributed by atoms with Gasteiger partial charge in [-0.15, -0.1) is 0 Å². The first kappa shape index (κ1) is 25.6. The van der Waals surface area contributed by atoms with Crippen molar-refractivity contribution in [3.05, 3.63) is 54.7 Å². The molecule has 3 heterocycles. The van der Waals surface area contributed by atoms with Gasteiger partial charge in [0.1, 0.15) is 37.2 Å². The van der Waals surface area contributed by atoms with Crippen LogP contribution < -0.4 is 28.8 Å². The van der Waals surface area contributed by atoms with Gasteiger partial charge in [0.2, 0.25) is 0 Å². The SMILES string of the molecule is Cc1n(C)cc[n+]1C.Cc1n(C)cc[n+]1C.Cc1n(C)cc[n+]1C.[O-]B([O-])[O-]. The van der Waals surface area contributed by atoms with Gasteiger partial charge >= 0.3 is 0 Å². The normalized spacial score (nSPS) is 9.43. The summed E-state index contributed by atoms with van der Waals surface area (Å²) < 4.78 is 12.5.